The molecule has 2 N–H and O–H groups in total. The van der Waals surface area contributed by atoms with E-state index in [1.165, 1.54) is 18.9 Å². The maximum absolute atomic E-state index is 13.7. The van der Waals surface area contributed by atoms with Crippen LogP contribution in [-0.4, -0.2) is 49.5 Å². The van der Waals surface area contributed by atoms with Gasteiger partial charge in [-0.25, -0.2) is 4.39 Å². The minimum atomic E-state index is -0.523. The van der Waals surface area contributed by atoms with E-state index in [-0.39, 0.29) is 12.4 Å². The number of β-amino-alcohol motifs (C(OH)–C–C–N with tert-alkyl or cyclic N) is 1. The molecule has 2 aromatic carbocycles. The van der Waals surface area contributed by atoms with Gasteiger partial charge in [-0.15, -0.1) is 0 Å². The molecule has 1 atom stereocenters. The number of nitrogens with zero attached hydrogens (tertiary/aromatic N) is 1. The molecule has 1 aliphatic rings. The summed E-state index contributed by atoms with van der Waals surface area (Å²) in [7, 11) is 1.60. The van der Waals surface area contributed by atoms with E-state index in [2.05, 4.69) is 10.2 Å². The number of ether oxygens (including phenoxy) is 2. The van der Waals surface area contributed by atoms with E-state index >= 15 is 0 Å². The first kappa shape index (κ1) is 20.6. The van der Waals surface area contributed by atoms with Gasteiger partial charge < -0.3 is 24.8 Å². The van der Waals surface area contributed by atoms with Gasteiger partial charge in [0.2, 0.25) is 0 Å². The average molecular weight is 388 g/mol. The second-order valence-corrected chi connectivity index (χ2v) is 7.15. The molecule has 0 aliphatic carbocycles. The number of halogens is 1. The number of benzene rings is 2. The van der Waals surface area contributed by atoms with Crippen LogP contribution in [0.2, 0.25) is 0 Å². The summed E-state index contributed by atoms with van der Waals surface area (Å²) in [5.41, 5.74) is 1.65. The SMILES string of the molecule is COc1cc(CNCc2ccccc2F)ccc1OC[C@@H](O)CN1CCCC1. The Hall–Kier alpha value is -2.15. The lowest BCUT2D eigenvalue weighted by Crippen LogP contribution is -2.33. The van der Waals surface area contributed by atoms with E-state index in [9.17, 15) is 9.50 Å². The largest absolute Gasteiger partial charge is 0.493 e. The Morgan fingerprint density at radius 3 is 2.64 bits per heavy atom. The molecule has 0 unspecified atom stereocenters. The third-order valence-corrected chi connectivity index (χ3v) is 4.93. The van der Waals surface area contributed by atoms with Crippen molar-refractivity contribution in [1.82, 2.24) is 10.2 Å². The lowest BCUT2D eigenvalue weighted by atomic mass is 10.1. The number of aliphatic hydroxyl groups excluding tert-OH is 1. The van der Waals surface area contributed by atoms with Crippen LogP contribution in [0, 0.1) is 5.82 Å². The van der Waals surface area contributed by atoms with Gasteiger partial charge in [-0.2, -0.15) is 0 Å². The predicted octanol–water partition coefficient (Wildman–Crippen LogP) is 2.96. The Bertz CT molecular complexity index is 750. The zero-order chi connectivity index (χ0) is 19.8. The fraction of sp³-hybridized carbons (Fsp3) is 0.455. The minimum absolute atomic E-state index is 0.205. The Morgan fingerprint density at radius 2 is 1.89 bits per heavy atom. The highest BCUT2D eigenvalue weighted by Gasteiger charge is 2.17. The van der Waals surface area contributed by atoms with Crippen LogP contribution in [-0.2, 0) is 13.1 Å². The van der Waals surface area contributed by atoms with Gasteiger partial charge in [0.15, 0.2) is 11.5 Å². The third kappa shape index (κ3) is 5.92. The highest BCUT2D eigenvalue weighted by atomic mass is 19.1. The number of nitrogens with one attached hydrogen (secondary N) is 1. The van der Waals surface area contributed by atoms with Crippen molar-refractivity contribution in [2.24, 2.45) is 0 Å². The first-order chi connectivity index (χ1) is 13.7. The first-order valence-corrected chi connectivity index (χ1v) is 9.80. The van der Waals surface area contributed by atoms with Gasteiger partial charge in [-0.1, -0.05) is 24.3 Å². The topological polar surface area (TPSA) is 54.0 Å². The summed E-state index contributed by atoms with van der Waals surface area (Å²) in [4.78, 5) is 2.26. The lowest BCUT2D eigenvalue weighted by molar-refractivity contribution is 0.0747. The van der Waals surface area contributed by atoms with Crippen molar-refractivity contribution in [3.63, 3.8) is 0 Å². The van der Waals surface area contributed by atoms with Gasteiger partial charge in [0, 0.05) is 25.2 Å². The quantitative estimate of drug-likeness (QED) is 0.655. The van der Waals surface area contributed by atoms with Crippen molar-refractivity contribution in [2.45, 2.75) is 32.0 Å². The van der Waals surface area contributed by atoms with Crippen LogP contribution in [0.15, 0.2) is 42.5 Å². The molecule has 28 heavy (non-hydrogen) atoms. The van der Waals surface area contributed by atoms with Gasteiger partial charge in [-0.3, -0.25) is 0 Å². The lowest BCUT2D eigenvalue weighted by Gasteiger charge is -2.20. The molecule has 1 aliphatic heterocycles. The Labute approximate surface area is 166 Å². The molecule has 1 fully saturated rings. The summed E-state index contributed by atoms with van der Waals surface area (Å²) in [6.45, 7) is 4.01. The number of hydrogen-bond acceptors (Lipinski definition) is 5. The number of hydrogen-bond donors (Lipinski definition) is 2. The number of aliphatic hydroxyl groups is 1. The standard InChI is InChI=1S/C22H29FN2O3/c1-27-22-12-17(13-24-14-18-6-2-3-7-20(18)23)8-9-21(22)28-16-19(26)15-25-10-4-5-11-25/h2-3,6-9,12,19,24,26H,4-5,10-11,13-16H2,1H3/t19-/m0/s1. The van der Waals surface area contributed by atoms with E-state index in [1.54, 1.807) is 19.2 Å². The Kier molecular flexibility index (Phi) is 7.65. The average Bonchev–Trinajstić information content (AvgIpc) is 3.21. The fourth-order valence-electron chi connectivity index (χ4n) is 3.43. The molecule has 0 bridgehead atoms. The molecule has 0 amide bonds. The monoisotopic (exact) mass is 388 g/mol. The Morgan fingerprint density at radius 1 is 1.11 bits per heavy atom. The summed E-state index contributed by atoms with van der Waals surface area (Å²) in [6, 6.07) is 12.4. The zero-order valence-corrected chi connectivity index (χ0v) is 16.4. The molecule has 0 spiro atoms. The summed E-state index contributed by atoms with van der Waals surface area (Å²) in [5, 5.41) is 13.4. The van der Waals surface area contributed by atoms with Gasteiger partial charge in [0.05, 0.1) is 7.11 Å². The summed E-state index contributed by atoms with van der Waals surface area (Å²) < 4.78 is 24.9. The van der Waals surface area contributed by atoms with Crippen molar-refractivity contribution in [3.05, 3.63) is 59.4 Å². The van der Waals surface area contributed by atoms with Gasteiger partial charge in [0.1, 0.15) is 18.5 Å². The van der Waals surface area contributed by atoms with Gasteiger partial charge in [-0.05, 0) is 49.7 Å². The Balaban J connectivity index is 1.49. The molecule has 5 nitrogen and oxygen atoms in total. The molecule has 3 rings (SSSR count). The molecule has 0 aromatic heterocycles. The third-order valence-electron chi connectivity index (χ3n) is 4.93. The maximum atomic E-state index is 13.7. The summed E-state index contributed by atoms with van der Waals surface area (Å²) in [5.74, 6) is 1.03. The summed E-state index contributed by atoms with van der Waals surface area (Å²) >= 11 is 0. The summed E-state index contributed by atoms with van der Waals surface area (Å²) in [6.07, 6.45) is 1.88. The number of likely N-dealkylation sites (tertiary alicyclic amines) is 1. The maximum Gasteiger partial charge on any atom is 0.161 e. The predicted molar refractivity (Wildman–Crippen MR) is 107 cm³/mol. The highest BCUT2D eigenvalue weighted by Crippen LogP contribution is 2.28. The van der Waals surface area contributed by atoms with Crippen LogP contribution in [0.25, 0.3) is 0 Å². The van der Waals surface area contributed by atoms with E-state index in [1.807, 2.05) is 24.3 Å². The van der Waals surface area contributed by atoms with Crippen LogP contribution in [0.5, 0.6) is 11.5 Å². The zero-order valence-electron chi connectivity index (χ0n) is 16.4. The van der Waals surface area contributed by atoms with Crippen LogP contribution in [0.1, 0.15) is 24.0 Å². The van der Waals surface area contributed by atoms with E-state index in [0.717, 1.165) is 18.7 Å². The second kappa shape index (κ2) is 10.4. The molecular weight excluding hydrogens is 359 g/mol. The molecule has 1 saturated heterocycles. The van der Waals surface area contributed by atoms with Crippen molar-refractivity contribution >= 4 is 0 Å². The van der Waals surface area contributed by atoms with E-state index in [0.29, 0.717) is 36.7 Å². The van der Waals surface area contributed by atoms with Crippen molar-refractivity contribution in [3.8, 4) is 11.5 Å². The number of rotatable bonds is 10. The van der Waals surface area contributed by atoms with Crippen LogP contribution in [0.3, 0.4) is 0 Å². The highest BCUT2D eigenvalue weighted by molar-refractivity contribution is 5.43. The van der Waals surface area contributed by atoms with E-state index < -0.39 is 6.10 Å². The van der Waals surface area contributed by atoms with Crippen LogP contribution in [0.4, 0.5) is 4.39 Å². The first-order valence-electron chi connectivity index (χ1n) is 9.80. The van der Waals surface area contributed by atoms with E-state index in [4.69, 9.17) is 9.47 Å². The smallest absolute Gasteiger partial charge is 0.161 e. The van der Waals surface area contributed by atoms with Crippen molar-refractivity contribution in [2.75, 3.05) is 33.4 Å². The molecule has 0 radical (unpaired) electrons. The number of methoxy groups -OCH3 is 1. The van der Waals surface area contributed by atoms with Gasteiger partial charge in [0.25, 0.3) is 0 Å². The minimum Gasteiger partial charge on any atom is -0.493 e. The van der Waals surface area contributed by atoms with Crippen LogP contribution < -0.4 is 14.8 Å². The fourth-order valence-corrected chi connectivity index (χ4v) is 3.43. The molecule has 152 valence electrons. The molecule has 0 saturated carbocycles. The normalized spacial score (nSPS) is 15.5. The van der Waals surface area contributed by atoms with Crippen LogP contribution >= 0.6 is 0 Å². The van der Waals surface area contributed by atoms with Gasteiger partial charge >= 0.3 is 0 Å². The van der Waals surface area contributed by atoms with Crippen molar-refractivity contribution < 1.29 is 19.0 Å². The van der Waals surface area contributed by atoms with Crippen molar-refractivity contribution in [1.29, 1.82) is 0 Å². The molecule has 2 aromatic rings. The molecular formula is C22H29FN2O3. The molecule has 1 heterocycles. The molecule has 6 heteroatoms. The second-order valence-electron chi connectivity index (χ2n) is 7.15.